The van der Waals surface area contributed by atoms with E-state index >= 15 is 0 Å². The van der Waals surface area contributed by atoms with Gasteiger partial charge in [0.05, 0.1) is 40.3 Å². The van der Waals surface area contributed by atoms with Crippen molar-refractivity contribution in [1.82, 2.24) is 0 Å². The number of allylic oxidation sites excluding steroid dienone is 22. The number of unbranched alkanes of at least 4 members (excludes halogenated alkanes) is 43. The maximum atomic E-state index is 13.0. The smallest absolute Gasteiger partial charge is 0.306 e. The van der Waals surface area contributed by atoms with Crippen LogP contribution in [0.15, 0.2) is 134 Å². The van der Waals surface area contributed by atoms with Gasteiger partial charge in [0.1, 0.15) is 13.2 Å². The van der Waals surface area contributed by atoms with Crippen LogP contribution in [0.4, 0.5) is 0 Å². The van der Waals surface area contributed by atoms with E-state index in [9.17, 15) is 19.5 Å². The summed E-state index contributed by atoms with van der Waals surface area (Å²) in [5.41, 5.74) is 0. The molecular formula is C94H163NO8. The summed E-state index contributed by atoms with van der Waals surface area (Å²) in [6.07, 6.45) is 117. The van der Waals surface area contributed by atoms with Crippen LogP contribution in [0.3, 0.4) is 0 Å². The van der Waals surface area contributed by atoms with Crippen LogP contribution >= 0.6 is 0 Å². The minimum absolute atomic E-state index is 0.140. The Kier molecular flexibility index (Phi) is 79.4. The lowest BCUT2D eigenvalue weighted by atomic mass is 10.0. The van der Waals surface area contributed by atoms with Crippen molar-refractivity contribution >= 4 is 17.9 Å². The van der Waals surface area contributed by atoms with Crippen LogP contribution in [0.1, 0.15) is 386 Å². The first kappa shape index (κ1) is 98.4. The maximum absolute atomic E-state index is 13.0. The number of likely N-dealkylation sites (N-methyl/N-ethyl adjacent to an activating group) is 1. The van der Waals surface area contributed by atoms with Gasteiger partial charge in [-0.05, 0) is 116 Å². The Labute approximate surface area is 637 Å². The first-order valence-corrected chi connectivity index (χ1v) is 43.3. The number of carbonyl (C=O) groups is 3. The van der Waals surface area contributed by atoms with E-state index < -0.39 is 24.3 Å². The molecule has 0 N–H and O–H groups in total. The Hall–Kier alpha value is -4.57. The molecule has 592 valence electrons. The fourth-order valence-electron chi connectivity index (χ4n) is 12.3. The zero-order valence-corrected chi connectivity index (χ0v) is 67.9. The van der Waals surface area contributed by atoms with E-state index in [2.05, 4.69) is 148 Å². The largest absolute Gasteiger partial charge is 0.545 e. The molecule has 0 fully saturated rings. The number of hydrogen-bond acceptors (Lipinski definition) is 8. The van der Waals surface area contributed by atoms with Crippen molar-refractivity contribution in [1.29, 1.82) is 0 Å². The van der Waals surface area contributed by atoms with Gasteiger partial charge >= 0.3 is 11.9 Å². The summed E-state index contributed by atoms with van der Waals surface area (Å²) in [5, 5.41) is 11.9. The number of ether oxygens (including phenoxy) is 4. The maximum Gasteiger partial charge on any atom is 0.306 e. The molecular weight excluding hydrogens is 1270 g/mol. The molecule has 103 heavy (non-hydrogen) atoms. The lowest BCUT2D eigenvalue weighted by Gasteiger charge is -2.26. The van der Waals surface area contributed by atoms with Gasteiger partial charge in [0, 0.05) is 12.8 Å². The Morgan fingerprint density at radius 1 is 0.301 bits per heavy atom. The van der Waals surface area contributed by atoms with E-state index in [0.29, 0.717) is 17.4 Å². The second-order valence-electron chi connectivity index (χ2n) is 30.1. The van der Waals surface area contributed by atoms with Crippen LogP contribution in [0.25, 0.3) is 0 Å². The number of nitrogens with zero attached hydrogens (tertiary/aromatic N) is 1. The second kappa shape index (κ2) is 83.1. The number of esters is 2. The molecule has 0 aromatic rings. The number of carbonyl (C=O) groups excluding carboxylic acids is 3. The van der Waals surface area contributed by atoms with E-state index in [4.69, 9.17) is 18.9 Å². The molecule has 0 heterocycles. The molecule has 9 nitrogen and oxygen atoms in total. The third-order valence-electron chi connectivity index (χ3n) is 18.9. The van der Waals surface area contributed by atoms with E-state index in [1.807, 2.05) is 21.1 Å². The van der Waals surface area contributed by atoms with Gasteiger partial charge in [-0.1, -0.05) is 392 Å². The van der Waals surface area contributed by atoms with E-state index in [0.717, 1.165) is 122 Å². The highest BCUT2D eigenvalue weighted by atomic mass is 16.7. The van der Waals surface area contributed by atoms with Crippen molar-refractivity contribution in [2.24, 2.45) is 0 Å². The van der Waals surface area contributed by atoms with Crippen LogP contribution in [0, 0.1) is 0 Å². The molecule has 0 aromatic carbocycles. The molecule has 0 aliphatic rings. The van der Waals surface area contributed by atoms with Crippen LogP contribution in [0.2, 0.25) is 0 Å². The minimum atomic E-state index is -1.63. The summed E-state index contributed by atoms with van der Waals surface area (Å²) < 4.78 is 22.9. The quantitative estimate of drug-likeness (QED) is 0.0195. The lowest BCUT2D eigenvalue weighted by Crippen LogP contribution is -2.44. The normalized spacial score (nSPS) is 13.3. The first-order chi connectivity index (χ1) is 50.6. The van der Waals surface area contributed by atoms with Gasteiger partial charge in [-0.15, -0.1) is 0 Å². The van der Waals surface area contributed by atoms with Gasteiger partial charge in [-0.3, -0.25) is 9.59 Å². The molecule has 2 unspecified atom stereocenters. The van der Waals surface area contributed by atoms with E-state index in [1.165, 1.54) is 231 Å². The molecule has 0 aromatic heterocycles. The molecule has 0 saturated carbocycles. The highest BCUT2D eigenvalue weighted by Crippen LogP contribution is 2.19. The molecule has 0 amide bonds. The zero-order valence-electron chi connectivity index (χ0n) is 67.9. The second-order valence-corrected chi connectivity index (χ2v) is 30.1. The van der Waals surface area contributed by atoms with Crippen LogP contribution < -0.4 is 5.11 Å². The highest BCUT2D eigenvalue weighted by molar-refractivity contribution is 5.70. The van der Waals surface area contributed by atoms with Crippen LogP contribution in [-0.2, 0) is 33.3 Å². The Morgan fingerprint density at radius 3 is 0.835 bits per heavy atom. The summed E-state index contributed by atoms with van der Waals surface area (Å²) in [6.45, 7) is 4.65. The predicted octanol–water partition coefficient (Wildman–Crippen LogP) is 27.0. The molecule has 0 rings (SSSR count). The number of hydrogen-bond donors (Lipinski definition) is 0. The Morgan fingerprint density at radius 2 is 0.553 bits per heavy atom. The van der Waals surface area contributed by atoms with Gasteiger partial charge in [0.15, 0.2) is 12.4 Å². The van der Waals surface area contributed by atoms with Crippen molar-refractivity contribution < 1.29 is 42.9 Å². The number of aliphatic carboxylic acids is 1. The summed E-state index contributed by atoms with van der Waals surface area (Å²) in [6, 6.07) is 0. The van der Waals surface area contributed by atoms with Gasteiger partial charge in [-0.25, -0.2) is 0 Å². The van der Waals surface area contributed by atoms with Crippen molar-refractivity contribution in [3.05, 3.63) is 134 Å². The molecule has 0 radical (unpaired) electrons. The summed E-state index contributed by atoms with van der Waals surface area (Å²) in [7, 11) is 5.93. The molecule has 0 aliphatic carbocycles. The standard InChI is InChI=1S/C94H163NO8/c1-6-8-10-12-14-16-18-20-22-24-26-28-30-32-34-36-38-40-42-44-45-46-47-49-50-52-54-56-58-60-62-64-66-68-70-72-74-76-78-80-82-84-91(96)101-88-90(89-102-94(93(98)99)100-87-86-95(3,4)5)103-92(97)85-83-81-79-77-75-73-71-69-67-65-63-61-59-57-55-53-51-48-43-41-39-37-35-33-31-29-27-25-23-21-19-17-15-13-11-9-7-2/h9,11,15,17,21,23-24,26-27,29,33,35,39,41,48,51,55,57,61,63,67,69,90,94H,6-8,10,12-14,16,18-20,22,25,28,30-32,34,36-38,40,42-47,49-50,52-54,56,58-60,62,64-66,68,70-89H2,1-5H3/b11-9-,17-15-,23-21-,26-24-,29-27-,35-33-,41-39-,51-48-,57-55-,63-61-,69-67-. The van der Waals surface area contributed by atoms with Crippen LogP contribution in [0.5, 0.6) is 0 Å². The van der Waals surface area contributed by atoms with Crippen molar-refractivity contribution in [2.45, 2.75) is 399 Å². The summed E-state index contributed by atoms with van der Waals surface area (Å²) in [5.74, 6) is -2.30. The Balaban J connectivity index is 4.02. The fraction of sp³-hybridized carbons (Fsp3) is 0.734. The first-order valence-electron chi connectivity index (χ1n) is 43.3. The third-order valence-corrected chi connectivity index (χ3v) is 18.9. The van der Waals surface area contributed by atoms with Gasteiger partial charge in [0.2, 0.25) is 0 Å². The number of quaternary nitrogens is 1. The van der Waals surface area contributed by atoms with Crippen molar-refractivity contribution in [2.75, 3.05) is 47.5 Å². The molecule has 0 saturated heterocycles. The molecule has 2 atom stereocenters. The minimum Gasteiger partial charge on any atom is -0.545 e. The van der Waals surface area contributed by atoms with E-state index in [1.54, 1.807) is 0 Å². The number of carboxylic acid groups (broad SMARTS) is 1. The van der Waals surface area contributed by atoms with Gasteiger partial charge in [0.25, 0.3) is 0 Å². The third kappa shape index (κ3) is 84.6. The monoisotopic (exact) mass is 1430 g/mol. The van der Waals surface area contributed by atoms with Crippen LogP contribution in [-0.4, -0.2) is 82.3 Å². The molecule has 0 aliphatic heterocycles. The SMILES string of the molecule is CC/C=C\C/C=C\C/C=C\C/C=C\C/C=C\C/C=C\C/C=C\C/C=C\C/C=C\C/C=C\CCCCCCCCC(=O)OC(COC(=O)CCCCCCCCCCCCCCCCCCCCCCCCCCCCCCC/C=C\CCCCCCCCCC)COC(OCC[N+](C)(C)C)C(=O)[O-]. The van der Waals surface area contributed by atoms with Gasteiger partial charge in [-0.2, -0.15) is 0 Å². The number of carboxylic acids is 1. The highest BCUT2D eigenvalue weighted by Gasteiger charge is 2.22. The lowest BCUT2D eigenvalue weighted by molar-refractivity contribution is -0.870. The number of rotatable bonds is 80. The van der Waals surface area contributed by atoms with Gasteiger partial charge < -0.3 is 33.3 Å². The summed E-state index contributed by atoms with van der Waals surface area (Å²) in [4.78, 5) is 37.7. The van der Waals surface area contributed by atoms with Crippen molar-refractivity contribution in [3.63, 3.8) is 0 Å². The zero-order chi connectivity index (χ0) is 74.6. The Bertz CT molecular complexity index is 2170. The fourth-order valence-corrected chi connectivity index (χ4v) is 12.3. The summed E-state index contributed by atoms with van der Waals surface area (Å²) >= 11 is 0. The van der Waals surface area contributed by atoms with E-state index in [-0.39, 0.29) is 38.6 Å². The predicted molar refractivity (Wildman–Crippen MR) is 444 cm³/mol. The molecule has 9 heteroatoms. The molecule has 0 bridgehead atoms. The molecule has 0 spiro atoms. The van der Waals surface area contributed by atoms with Crippen molar-refractivity contribution in [3.8, 4) is 0 Å². The average molecular weight is 1440 g/mol. The average Bonchev–Trinajstić information content (AvgIpc) is 1.16. The topological polar surface area (TPSA) is 111 Å².